The van der Waals surface area contributed by atoms with Crippen molar-refractivity contribution >= 4 is 0 Å². The van der Waals surface area contributed by atoms with Crippen LogP contribution in [0.25, 0.3) is 0 Å². The van der Waals surface area contributed by atoms with Gasteiger partial charge in [-0.2, -0.15) is 5.26 Å². The number of hydrogen-bond donors (Lipinski definition) is 1. The van der Waals surface area contributed by atoms with Crippen LogP contribution in [0.15, 0.2) is 42.5 Å². The van der Waals surface area contributed by atoms with Crippen LogP contribution in [-0.4, -0.2) is 6.04 Å². The Labute approximate surface area is 123 Å². The number of nitriles is 1. The molecule has 21 heavy (non-hydrogen) atoms. The molecule has 2 rings (SSSR count). The van der Waals surface area contributed by atoms with Crippen LogP contribution in [0.1, 0.15) is 23.6 Å². The highest BCUT2D eigenvalue weighted by atomic mass is 19.1. The van der Waals surface area contributed by atoms with Gasteiger partial charge in [0.2, 0.25) is 0 Å². The Bertz CT molecular complexity index is 645. The lowest BCUT2D eigenvalue weighted by Gasteiger charge is -2.14. The number of hydrogen-bond acceptors (Lipinski definition) is 2. The van der Waals surface area contributed by atoms with Crippen LogP contribution in [0.3, 0.4) is 0 Å². The molecular weight excluding hydrogens is 270 g/mol. The summed E-state index contributed by atoms with van der Waals surface area (Å²) < 4.78 is 26.1. The minimum Gasteiger partial charge on any atom is -0.310 e. The smallest absolute Gasteiger partial charge is 0.123 e. The van der Waals surface area contributed by atoms with E-state index >= 15 is 0 Å². The van der Waals surface area contributed by atoms with E-state index in [1.54, 1.807) is 12.1 Å². The number of nitrogens with one attached hydrogen (secondary N) is 1. The molecule has 0 saturated heterocycles. The van der Waals surface area contributed by atoms with Crippen LogP contribution in [-0.2, 0) is 13.0 Å². The lowest BCUT2D eigenvalue weighted by atomic mass is 10.1. The summed E-state index contributed by atoms with van der Waals surface area (Å²) in [5, 5.41) is 12.3. The summed E-state index contributed by atoms with van der Waals surface area (Å²) in [6.07, 6.45) is 0.734. The van der Waals surface area contributed by atoms with E-state index in [-0.39, 0.29) is 17.7 Å². The average Bonchev–Trinajstić information content (AvgIpc) is 2.48. The van der Waals surface area contributed by atoms with Crippen LogP contribution >= 0.6 is 0 Å². The Morgan fingerprint density at radius 2 is 1.76 bits per heavy atom. The Morgan fingerprint density at radius 1 is 1.10 bits per heavy atom. The highest BCUT2D eigenvalue weighted by Gasteiger charge is 2.07. The topological polar surface area (TPSA) is 35.8 Å². The third-order valence-corrected chi connectivity index (χ3v) is 3.28. The van der Waals surface area contributed by atoms with Crippen LogP contribution in [0.5, 0.6) is 0 Å². The van der Waals surface area contributed by atoms with Crippen molar-refractivity contribution in [1.29, 1.82) is 5.26 Å². The van der Waals surface area contributed by atoms with Crippen molar-refractivity contribution < 1.29 is 8.78 Å². The predicted octanol–water partition coefficient (Wildman–Crippen LogP) is 3.56. The van der Waals surface area contributed by atoms with Crippen LogP contribution in [0.2, 0.25) is 0 Å². The Hall–Kier alpha value is -2.25. The summed E-state index contributed by atoms with van der Waals surface area (Å²) in [4.78, 5) is 0. The molecule has 2 nitrogen and oxygen atoms in total. The zero-order valence-corrected chi connectivity index (χ0v) is 11.7. The monoisotopic (exact) mass is 286 g/mol. The van der Waals surface area contributed by atoms with Gasteiger partial charge in [-0.05, 0) is 54.8 Å². The third kappa shape index (κ3) is 4.37. The first-order valence-electron chi connectivity index (χ1n) is 6.75. The maximum absolute atomic E-state index is 13.2. The molecule has 0 saturated carbocycles. The molecule has 1 N–H and O–H groups in total. The van der Waals surface area contributed by atoms with E-state index in [0.29, 0.717) is 17.7 Å². The molecule has 0 heterocycles. The van der Waals surface area contributed by atoms with Crippen molar-refractivity contribution in [2.24, 2.45) is 0 Å². The molecule has 0 amide bonds. The maximum atomic E-state index is 13.2. The second-order valence-electron chi connectivity index (χ2n) is 5.03. The van der Waals surface area contributed by atoms with Crippen molar-refractivity contribution in [3.8, 4) is 6.07 Å². The molecule has 0 aliphatic heterocycles. The van der Waals surface area contributed by atoms with E-state index in [1.165, 1.54) is 30.3 Å². The van der Waals surface area contributed by atoms with Gasteiger partial charge >= 0.3 is 0 Å². The summed E-state index contributed by atoms with van der Waals surface area (Å²) in [7, 11) is 0. The first-order valence-corrected chi connectivity index (χ1v) is 6.75. The van der Waals surface area contributed by atoms with Gasteiger partial charge in [0.1, 0.15) is 11.6 Å². The molecule has 0 aromatic heterocycles. The minimum atomic E-state index is -0.350. The van der Waals surface area contributed by atoms with Gasteiger partial charge in [-0.3, -0.25) is 0 Å². The maximum Gasteiger partial charge on any atom is 0.123 e. The molecular formula is C17H16F2N2. The van der Waals surface area contributed by atoms with Gasteiger partial charge in [-0.15, -0.1) is 0 Å². The van der Waals surface area contributed by atoms with E-state index in [1.807, 2.05) is 6.92 Å². The lowest BCUT2D eigenvalue weighted by Crippen LogP contribution is -2.27. The molecule has 0 aliphatic rings. The van der Waals surface area contributed by atoms with Crippen LogP contribution in [0.4, 0.5) is 8.78 Å². The fourth-order valence-electron chi connectivity index (χ4n) is 2.15. The normalized spacial score (nSPS) is 11.9. The Balaban J connectivity index is 1.95. The second-order valence-corrected chi connectivity index (χ2v) is 5.03. The molecule has 0 spiro atoms. The van der Waals surface area contributed by atoms with Crippen molar-refractivity contribution in [2.45, 2.75) is 25.9 Å². The van der Waals surface area contributed by atoms with Gasteiger partial charge in [0.05, 0.1) is 11.6 Å². The standard InChI is InChI=1S/C17H16F2N2/c1-12(8-13-2-5-16(18)6-3-13)21-11-15-9-17(19)7-4-14(15)10-20/h2-7,9,12,21H,8,11H2,1H3. The number of benzene rings is 2. The van der Waals surface area contributed by atoms with E-state index < -0.39 is 0 Å². The summed E-state index contributed by atoms with van der Waals surface area (Å²) in [6, 6.07) is 12.7. The third-order valence-electron chi connectivity index (χ3n) is 3.28. The first kappa shape index (κ1) is 15.1. The van der Waals surface area contributed by atoms with Crippen molar-refractivity contribution in [2.75, 3.05) is 0 Å². The first-order chi connectivity index (χ1) is 10.1. The molecule has 108 valence electrons. The summed E-state index contributed by atoms with van der Waals surface area (Å²) in [5.41, 5.74) is 2.14. The summed E-state index contributed by atoms with van der Waals surface area (Å²) in [6.45, 7) is 2.41. The van der Waals surface area contributed by atoms with E-state index in [2.05, 4.69) is 11.4 Å². The van der Waals surface area contributed by atoms with Gasteiger partial charge in [0, 0.05) is 12.6 Å². The molecule has 2 aromatic rings. The molecule has 0 bridgehead atoms. The minimum absolute atomic E-state index is 0.130. The number of rotatable bonds is 5. The van der Waals surface area contributed by atoms with Gasteiger partial charge in [-0.25, -0.2) is 8.78 Å². The van der Waals surface area contributed by atoms with Gasteiger partial charge in [-0.1, -0.05) is 12.1 Å². The van der Waals surface area contributed by atoms with E-state index in [0.717, 1.165) is 12.0 Å². The van der Waals surface area contributed by atoms with Gasteiger partial charge < -0.3 is 5.32 Å². The Morgan fingerprint density at radius 3 is 2.43 bits per heavy atom. The quantitative estimate of drug-likeness (QED) is 0.912. The fourth-order valence-corrected chi connectivity index (χ4v) is 2.15. The van der Waals surface area contributed by atoms with E-state index in [4.69, 9.17) is 5.26 Å². The van der Waals surface area contributed by atoms with Crippen molar-refractivity contribution in [3.63, 3.8) is 0 Å². The number of halogens is 2. The molecule has 1 atom stereocenters. The molecule has 4 heteroatoms. The molecule has 0 fully saturated rings. The molecule has 2 aromatic carbocycles. The van der Waals surface area contributed by atoms with Crippen molar-refractivity contribution in [1.82, 2.24) is 5.32 Å². The summed E-state index contributed by atoms with van der Waals surface area (Å²) >= 11 is 0. The molecule has 1 unspecified atom stereocenters. The fraction of sp³-hybridized carbons (Fsp3) is 0.235. The highest BCUT2D eigenvalue weighted by molar-refractivity contribution is 5.37. The van der Waals surface area contributed by atoms with Gasteiger partial charge in [0.15, 0.2) is 0 Å². The number of nitrogens with zero attached hydrogens (tertiary/aromatic N) is 1. The van der Waals surface area contributed by atoms with Crippen LogP contribution < -0.4 is 5.32 Å². The van der Waals surface area contributed by atoms with Crippen LogP contribution in [0, 0.1) is 23.0 Å². The molecule has 0 radical (unpaired) electrons. The van der Waals surface area contributed by atoms with Crippen molar-refractivity contribution in [3.05, 3.63) is 70.8 Å². The largest absolute Gasteiger partial charge is 0.310 e. The summed E-state index contributed by atoms with van der Waals surface area (Å²) in [5.74, 6) is -0.602. The highest BCUT2D eigenvalue weighted by Crippen LogP contribution is 2.11. The Kier molecular flexibility index (Phi) is 5.02. The zero-order valence-electron chi connectivity index (χ0n) is 11.7. The zero-order chi connectivity index (χ0) is 15.2. The lowest BCUT2D eigenvalue weighted by molar-refractivity contribution is 0.541. The van der Waals surface area contributed by atoms with Gasteiger partial charge in [0.25, 0.3) is 0 Å². The molecule has 0 aliphatic carbocycles. The SMILES string of the molecule is CC(Cc1ccc(F)cc1)NCc1cc(F)ccc1C#N. The average molecular weight is 286 g/mol. The predicted molar refractivity (Wildman–Crippen MR) is 77.5 cm³/mol. The van der Waals surface area contributed by atoms with E-state index in [9.17, 15) is 8.78 Å². The second kappa shape index (κ2) is 6.96.